The van der Waals surface area contributed by atoms with Crippen LogP contribution in [-0.4, -0.2) is 54.8 Å². The Bertz CT molecular complexity index is 723. The minimum atomic E-state index is -2.10. The van der Waals surface area contributed by atoms with E-state index < -0.39 is 30.6 Å². The van der Waals surface area contributed by atoms with Crippen LogP contribution in [0.4, 0.5) is 4.79 Å². The fraction of sp³-hybridized carbons (Fsp3) is 0.875. The van der Waals surface area contributed by atoms with Gasteiger partial charge in [0.1, 0.15) is 6.04 Å². The number of carbonyl (C=O) groups is 3. The third-order valence-electron chi connectivity index (χ3n) is 7.06. The van der Waals surface area contributed by atoms with Crippen molar-refractivity contribution in [3.63, 3.8) is 0 Å². The molecule has 2 aliphatic carbocycles. The Morgan fingerprint density at radius 3 is 2.50 bits per heavy atom. The van der Waals surface area contributed by atoms with Crippen LogP contribution in [0.1, 0.15) is 74.4 Å². The van der Waals surface area contributed by atoms with E-state index in [-0.39, 0.29) is 30.3 Å². The van der Waals surface area contributed by atoms with Crippen molar-refractivity contribution in [2.24, 2.45) is 29.6 Å². The van der Waals surface area contributed by atoms with Gasteiger partial charge in [-0.15, -0.1) is 0 Å². The first kappa shape index (κ1) is 22.0. The maximum Gasteiger partial charge on any atom is 0.407 e. The molecule has 2 saturated carbocycles. The highest BCUT2D eigenvalue weighted by molar-refractivity contribution is 5.86. The normalized spacial score (nSPS) is 30.6. The first-order chi connectivity index (χ1) is 16.1. The van der Waals surface area contributed by atoms with E-state index in [1.54, 1.807) is 0 Å². The van der Waals surface area contributed by atoms with Gasteiger partial charge in [0.15, 0.2) is 0 Å². The van der Waals surface area contributed by atoms with E-state index in [4.69, 9.17) is 7.48 Å². The largest absolute Gasteiger partial charge is 0.449 e. The molecule has 1 unspecified atom stereocenters. The molecule has 0 aromatic heterocycles. The van der Waals surface area contributed by atoms with Crippen molar-refractivity contribution in [2.75, 3.05) is 19.7 Å². The quantitative estimate of drug-likeness (QED) is 0.405. The zero-order chi connectivity index (χ0) is 24.9. The molecule has 3 fully saturated rings. The molecule has 8 heteroatoms. The molecule has 0 aromatic rings. The summed E-state index contributed by atoms with van der Waals surface area (Å²) in [6, 6.07) is -1.54. The number of alkyl carbamates (subject to hydrolysis) is 1. The summed E-state index contributed by atoms with van der Waals surface area (Å²) in [5.41, 5.74) is 0. The number of nitrogens with one attached hydrogen (secondary N) is 3. The average Bonchev–Trinajstić information content (AvgIpc) is 3.16. The zero-order valence-electron chi connectivity index (χ0n) is 21.4. The number of aliphatic hydroxyl groups excluding tert-OH is 1. The van der Waals surface area contributed by atoms with Crippen LogP contribution in [0.3, 0.4) is 0 Å². The Hall–Kier alpha value is -1.83. The Balaban J connectivity index is 1.56. The van der Waals surface area contributed by atoms with E-state index in [0.717, 1.165) is 32.1 Å². The number of ether oxygens (including phenoxy) is 1. The van der Waals surface area contributed by atoms with Gasteiger partial charge in [-0.1, -0.05) is 33.1 Å². The summed E-state index contributed by atoms with van der Waals surface area (Å²) in [6.07, 6.45) is 6.36. The molecule has 3 amide bonds. The van der Waals surface area contributed by atoms with Gasteiger partial charge in [-0.2, -0.15) is 0 Å². The van der Waals surface area contributed by atoms with E-state index in [9.17, 15) is 19.5 Å². The van der Waals surface area contributed by atoms with E-state index in [0.29, 0.717) is 37.6 Å². The minimum absolute atomic E-state index is 0.0813. The highest BCUT2D eigenvalue weighted by Gasteiger charge is 2.33. The molecule has 1 aliphatic heterocycles. The second-order valence-electron chi connectivity index (χ2n) is 10.3. The fourth-order valence-electron chi connectivity index (χ4n) is 5.53. The smallest absolute Gasteiger partial charge is 0.407 e. The van der Waals surface area contributed by atoms with Gasteiger partial charge in [-0.05, 0) is 62.2 Å². The van der Waals surface area contributed by atoms with Crippen molar-refractivity contribution >= 4 is 17.9 Å². The predicted octanol–water partition coefficient (Wildman–Crippen LogP) is 2.35. The van der Waals surface area contributed by atoms with Crippen LogP contribution in [-0.2, 0) is 14.3 Å². The van der Waals surface area contributed by atoms with Crippen LogP contribution in [0.5, 0.6) is 0 Å². The Labute approximate surface area is 194 Å². The SMILES string of the molecule is [2H]C([2H])(OC(=O)N[C@@H](CC(C)C)C(=O)N[C@H](CO)C[C@@H]1CCNC1=O)C1C[C@H]2CCC[C@@H](C1)C2. The van der Waals surface area contributed by atoms with Crippen molar-refractivity contribution in [3.05, 3.63) is 0 Å². The Morgan fingerprint density at radius 1 is 1.19 bits per heavy atom. The molecule has 3 rings (SSSR count). The van der Waals surface area contributed by atoms with Crippen LogP contribution in [0.15, 0.2) is 0 Å². The number of amides is 3. The standard InChI is InChI=1S/C24H41N3O5/c1-15(2)8-21(23(30)26-20(13-28)12-19-6-7-25-22(19)29)27-24(31)32-14-18-10-16-4-3-5-17(9-16)11-18/h15-21,28H,3-14H2,1-2H3,(H,25,29)(H,26,30)(H,27,31)/t16-,17+,18?,19-,20-,21-/m0/s1/i14D2. The second-order valence-corrected chi connectivity index (χ2v) is 10.3. The van der Waals surface area contributed by atoms with E-state index in [2.05, 4.69) is 16.0 Å². The van der Waals surface area contributed by atoms with Gasteiger partial charge in [-0.25, -0.2) is 4.79 Å². The van der Waals surface area contributed by atoms with Gasteiger partial charge in [0.25, 0.3) is 0 Å². The molecule has 2 bridgehead atoms. The summed E-state index contributed by atoms with van der Waals surface area (Å²) in [5, 5.41) is 17.8. The van der Waals surface area contributed by atoms with Crippen LogP contribution in [0.25, 0.3) is 0 Å². The molecule has 3 aliphatic rings. The molecule has 4 N–H and O–H groups in total. The first-order valence-electron chi connectivity index (χ1n) is 13.3. The van der Waals surface area contributed by atoms with Gasteiger partial charge in [0, 0.05) is 12.5 Å². The van der Waals surface area contributed by atoms with E-state index >= 15 is 0 Å². The first-order valence-corrected chi connectivity index (χ1v) is 12.3. The summed E-state index contributed by atoms with van der Waals surface area (Å²) >= 11 is 0. The van der Waals surface area contributed by atoms with Crippen molar-refractivity contribution in [1.29, 1.82) is 0 Å². The summed E-state index contributed by atoms with van der Waals surface area (Å²) < 4.78 is 22.1. The van der Waals surface area contributed by atoms with Crippen molar-refractivity contribution in [2.45, 2.75) is 83.7 Å². The van der Waals surface area contributed by atoms with Crippen LogP contribution in [0.2, 0.25) is 0 Å². The number of hydrogen-bond donors (Lipinski definition) is 4. The monoisotopic (exact) mass is 453 g/mol. The number of rotatable bonds is 10. The topological polar surface area (TPSA) is 117 Å². The molecule has 1 saturated heterocycles. The van der Waals surface area contributed by atoms with E-state index in [1.807, 2.05) is 13.8 Å². The lowest BCUT2D eigenvalue weighted by atomic mass is 9.68. The van der Waals surface area contributed by atoms with Crippen molar-refractivity contribution in [1.82, 2.24) is 16.0 Å². The van der Waals surface area contributed by atoms with Crippen molar-refractivity contribution < 1.29 is 27.0 Å². The predicted molar refractivity (Wildman–Crippen MR) is 121 cm³/mol. The highest BCUT2D eigenvalue weighted by atomic mass is 16.5. The molecule has 0 radical (unpaired) electrons. The number of fused-ring (bicyclic) bond motifs is 2. The third kappa shape index (κ3) is 7.36. The molecule has 6 atom stereocenters. The maximum atomic E-state index is 13.0. The lowest BCUT2D eigenvalue weighted by Crippen LogP contribution is -2.51. The molecular weight excluding hydrogens is 410 g/mol. The maximum absolute atomic E-state index is 13.0. The molecule has 182 valence electrons. The van der Waals surface area contributed by atoms with Crippen molar-refractivity contribution in [3.8, 4) is 0 Å². The molecule has 0 spiro atoms. The van der Waals surface area contributed by atoms with Gasteiger partial charge >= 0.3 is 6.09 Å². The number of aliphatic hydroxyl groups is 1. The molecule has 32 heavy (non-hydrogen) atoms. The summed E-state index contributed by atoms with van der Waals surface area (Å²) in [7, 11) is 0. The summed E-state index contributed by atoms with van der Waals surface area (Å²) in [6.45, 7) is 2.00. The lowest BCUT2D eigenvalue weighted by Gasteiger charge is -2.38. The molecule has 1 heterocycles. The molecule has 0 aromatic carbocycles. The highest BCUT2D eigenvalue weighted by Crippen LogP contribution is 2.42. The number of carbonyl (C=O) groups excluding carboxylic acids is 3. The average molecular weight is 454 g/mol. The summed E-state index contributed by atoms with van der Waals surface area (Å²) in [4.78, 5) is 37.5. The van der Waals surface area contributed by atoms with Crippen LogP contribution >= 0.6 is 0 Å². The van der Waals surface area contributed by atoms with Crippen LogP contribution < -0.4 is 16.0 Å². The van der Waals surface area contributed by atoms with Gasteiger partial charge in [0.05, 0.1) is 21.9 Å². The van der Waals surface area contributed by atoms with Gasteiger partial charge in [-0.3, -0.25) is 9.59 Å². The lowest BCUT2D eigenvalue weighted by molar-refractivity contribution is -0.126. The van der Waals surface area contributed by atoms with Crippen LogP contribution in [0, 0.1) is 29.6 Å². The van der Waals surface area contributed by atoms with Gasteiger partial charge in [0.2, 0.25) is 11.8 Å². The Kier molecular flexibility index (Phi) is 8.15. The van der Waals surface area contributed by atoms with E-state index in [1.165, 1.54) is 6.42 Å². The second kappa shape index (κ2) is 11.9. The molecular formula is C24H41N3O5. The molecule has 8 nitrogen and oxygen atoms in total. The minimum Gasteiger partial charge on any atom is -0.449 e. The zero-order valence-corrected chi connectivity index (χ0v) is 19.4. The third-order valence-corrected chi connectivity index (χ3v) is 7.06. The summed E-state index contributed by atoms with van der Waals surface area (Å²) in [5.74, 6) is -0.0823. The number of hydrogen-bond acceptors (Lipinski definition) is 5. The fourth-order valence-corrected chi connectivity index (χ4v) is 5.53. The van der Waals surface area contributed by atoms with Gasteiger partial charge < -0.3 is 25.8 Å². The Morgan fingerprint density at radius 2 is 1.91 bits per heavy atom.